The fourth-order valence-corrected chi connectivity index (χ4v) is 12.4. The normalized spacial score (nSPS) is 14.8. The average molecular weight is 1340 g/mol. The maximum atomic E-state index is 13.0. The van der Waals surface area contributed by atoms with Crippen molar-refractivity contribution in [3.63, 3.8) is 0 Å². The van der Waals surface area contributed by atoms with Gasteiger partial charge in [-0.2, -0.15) is 0 Å². The van der Waals surface area contributed by atoms with Crippen molar-refractivity contribution in [2.24, 2.45) is 17.8 Å². The van der Waals surface area contributed by atoms with E-state index in [4.69, 9.17) is 37.0 Å². The number of ether oxygens (including phenoxy) is 4. The fourth-order valence-electron chi connectivity index (χ4n) is 10.8. The van der Waals surface area contributed by atoms with Gasteiger partial charge in [0, 0.05) is 25.7 Å². The van der Waals surface area contributed by atoms with Crippen LogP contribution in [0.3, 0.4) is 0 Å². The smallest absolute Gasteiger partial charge is 0.462 e. The summed E-state index contributed by atoms with van der Waals surface area (Å²) in [5.41, 5.74) is 0. The van der Waals surface area contributed by atoms with Crippen LogP contribution in [0, 0.1) is 17.8 Å². The summed E-state index contributed by atoms with van der Waals surface area (Å²) in [7, 11) is -9.90. The van der Waals surface area contributed by atoms with Gasteiger partial charge in [0.2, 0.25) is 0 Å². The van der Waals surface area contributed by atoms with Crippen molar-refractivity contribution in [2.75, 3.05) is 39.6 Å². The largest absolute Gasteiger partial charge is 0.472 e. The molecule has 0 amide bonds. The molecule has 0 fully saturated rings. The van der Waals surface area contributed by atoms with Gasteiger partial charge in [-0.1, -0.05) is 312 Å². The molecule has 0 aromatic heterocycles. The molecule has 0 saturated carbocycles. The van der Waals surface area contributed by atoms with Crippen LogP contribution in [0.25, 0.3) is 0 Å². The second kappa shape index (κ2) is 62.8. The molecule has 17 nitrogen and oxygen atoms in total. The maximum absolute atomic E-state index is 13.0. The van der Waals surface area contributed by atoms with Crippen LogP contribution in [-0.4, -0.2) is 96.7 Å². The predicted octanol–water partition coefficient (Wildman–Crippen LogP) is 20.6. The highest BCUT2D eigenvalue weighted by molar-refractivity contribution is 7.47. The lowest BCUT2D eigenvalue weighted by Crippen LogP contribution is -2.30. The zero-order valence-electron chi connectivity index (χ0n) is 59.3. The molecule has 19 heteroatoms. The molecule has 0 aliphatic heterocycles. The predicted molar refractivity (Wildman–Crippen MR) is 368 cm³/mol. The lowest BCUT2D eigenvalue weighted by atomic mass is 9.99. The number of rotatable bonds is 70. The first-order valence-corrected chi connectivity index (χ1v) is 40.4. The number of phosphoric ester groups is 2. The molecule has 4 unspecified atom stereocenters. The molecular weight excluding hydrogens is 1200 g/mol. The van der Waals surface area contributed by atoms with E-state index in [1.54, 1.807) is 0 Å². The number of hydrogen-bond donors (Lipinski definition) is 3. The van der Waals surface area contributed by atoms with Crippen molar-refractivity contribution < 1.29 is 80.2 Å². The Morgan fingerprint density at radius 3 is 0.835 bits per heavy atom. The zero-order valence-corrected chi connectivity index (χ0v) is 61.1. The van der Waals surface area contributed by atoms with Crippen LogP contribution in [-0.2, 0) is 65.4 Å². The number of aliphatic hydroxyl groups is 1. The number of esters is 4. The van der Waals surface area contributed by atoms with E-state index in [0.29, 0.717) is 31.6 Å². The van der Waals surface area contributed by atoms with Crippen LogP contribution in [0.4, 0.5) is 0 Å². The summed E-state index contributed by atoms with van der Waals surface area (Å²) in [6, 6.07) is 0. The van der Waals surface area contributed by atoms with Crippen molar-refractivity contribution in [2.45, 2.75) is 381 Å². The van der Waals surface area contributed by atoms with Crippen molar-refractivity contribution >= 4 is 39.5 Å². The van der Waals surface area contributed by atoms with E-state index in [1.807, 2.05) is 0 Å². The van der Waals surface area contributed by atoms with Gasteiger partial charge in [-0.15, -0.1) is 0 Å². The molecular formula is C72H140O17P2. The summed E-state index contributed by atoms with van der Waals surface area (Å²) in [6.07, 6.45) is 47.2. The molecule has 0 spiro atoms. The van der Waals surface area contributed by atoms with E-state index in [1.165, 1.54) is 167 Å². The van der Waals surface area contributed by atoms with E-state index < -0.39 is 97.5 Å². The zero-order chi connectivity index (χ0) is 67.3. The summed E-state index contributed by atoms with van der Waals surface area (Å²) < 4.78 is 68.3. The minimum atomic E-state index is -4.95. The Bertz CT molecular complexity index is 1790. The van der Waals surface area contributed by atoms with Crippen LogP contribution in [0.15, 0.2) is 0 Å². The van der Waals surface area contributed by atoms with E-state index in [0.717, 1.165) is 108 Å². The Morgan fingerprint density at radius 1 is 0.319 bits per heavy atom. The molecule has 0 bridgehead atoms. The molecule has 540 valence electrons. The molecule has 0 aliphatic carbocycles. The fraction of sp³-hybridized carbons (Fsp3) is 0.944. The molecule has 7 atom stereocenters. The number of hydrogen-bond acceptors (Lipinski definition) is 15. The number of aliphatic hydroxyl groups excluding tert-OH is 1. The van der Waals surface area contributed by atoms with Crippen LogP contribution >= 0.6 is 15.6 Å². The summed E-state index contributed by atoms with van der Waals surface area (Å²) >= 11 is 0. The molecule has 0 aromatic carbocycles. The number of carbonyl (C=O) groups is 4. The second-order valence-corrected chi connectivity index (χ2v) is 29.8. The van der Waals surface area contributed by atoms with E-state index in [2.05, 4.69) is 48.5 Å². The molecule has 0 saturated heterocycles. The molecule has 0 rings (SSSR count). The quantitative estimate of drug-likeness (QED) is 0.0222. The number of carbonyl (C=O) groups excluding carboxylic acids is 4. The topological polar surface area (TPSA) is 237 Å². The van der Waals surface area contributed by atoms with Crippen LogP contribution in [0.2, 0.25) is 0 Å². The summed E-state index contributed by atoms with van der Waals surface area (Å²) in [5, 5.41) is 10.6. The van der Waals surface area contributed by atoms with Crippen LogP contribution < -0.4 is 0 Å². The molecule has 0 aliphatic rings. The van der Waals surface area contributed by atoms with Gasteiger partial charge in [-0.3, -0.25) is 37.3 Å². The third-order valence-electron chi connectivity index (χ3n) is 17.4. The number of phosphoric acid groups is 2. The molecule has 0 aromatic rings. The van der Waals surface area contributed by atoms with Crippen molar-refractivity contribution in [3.8, 4) is 0 Å². The van der Waals surface area contributed by atoms with Gasteiger partial charge in [0.05, 0.1) is 26.4 Å². The van der Waals surface area contributed by atoms with E-state index in [9.17, 15) is 43.2 Å². The average Bonchev–Trinajstić information content (AvgIpc) is 3.07. The van der Waals surface area contributed by atoms with Gasteiger partial charge in [0.1, 0.15) is 19.3 Å². The minimum absolute atomic E-state index is 0.106. The highest BCUT2D eigenvalue weighted by atomic mass is 31.2. The maximum Gasteiger partial charge on any atom is 0.472 e. The lowest BCUT2D eigenvalue weighted by Gasteiger charge is -2.21. The van der Waals surface area contributed by atoms with Crippen molar-refractivity contribution in [3.05, 3.63) is 0 Å². The van der Waals surface area contributed by atoms with Crippen molar-refractivity contribution in [1.29, 1.82) is 0 Å². The highest BCUT2D eigenvalue weighted by Gasteiger charge is 2.30. The van der Waals surface area contributed by atoms with E-state index >= 15 is 0 Å². The summed E-state index contributed by atoms with van der Waals surface area (Å²) in [6.45, 7) is 11.8. The van der Waals surface area contributed by atoms with Gasteiger partial charge < -0.3 is 33.8 Å². The third kappa shape index (κ3) is 63.9. The van der Waals surface area contributed by atoms with Crippen molar-refractivity contribution in [1.82, 2.24) is 0 Å². The first-order valence-electron chi connectivity index (χ1n) is 37.4. The summed E-state index contributed by atoms with van der Waals surface area (Å²) in [5.74, 6) is 0.178. The highest BCUT2D eigenvalue weighted by Crippen LogP contribution is 2.45. The Labute approximate surface area is 556 Å². The Hall–Kier alpha value is -1.94. The first kappa shape index (κ1) is 89.1. The SMILES string of the molecule is CCCCCCCCCCCCCCC(=O)O[C@H](COC(=O)CCCCCCCCC(C)C)COP(=O)(O)OC[C@H](O)COP(=O)(O)OC[C@@H](COC(=O)CCCCCCCCCCC(C)CC)OC(=O)CCCCCCCCCCCCCCCCC(C)CC. The second-order valence-electron chi connectivity index (χ2n) is 26.9. The first-order chi connectivity index (χ1) is 43.8. The lowest BCUT2D eigenvalue weighted by molar-refractivity contribution is -0.161. The van der Waals surface area contributed by atoms with Gasteiger partial charge in [0.25, 0.3) is 0 Å². The van der Waals surface area contributed by atoms with E-state index in [-0.39, 0.29) is 25.7 Å². The monoisotopic (exact) mass is 1340 g/mol. The molecule has 0 heterocycles. The Balaban J connectivity index is 5.23. The van der Waals surface area contributed by atoms with Gasteiger partial charge in [-0.25, -0.2) is 9.13 Å². The van der Waals surface area contributed by atoms with Gasteiger partial charge in [0.15, 0.2) is 12.2 Å². The van der Waals surface area contributed by atoms with Crippen LogP contribution in [0.1, 0.15) is 363 Å². The number of unbranched alkanes of at least 4 members (excludes halogenated alkanes) is 36. The molecule has 3 N–H and O–H groups in total. The van der Waals surface area contributed by atoms with Gasteiger partial charge in [-0.05, 0) is 43.4 Å². The standard InChI is InChI=1S/C72H140O17P2/c1-8-11-12-13-14-15-16-22-25-32-41-48-55-71(76)89-68(60-83-70(75)54-47-40-35-34-36-43-50-63(4)5)62-87-91(80,81)85-58-66(73)57-84-90(78,79)86-61-67(59-82-69(74)53-46-39-31-28-27-30-38-45-52-65(7)10-3)88-72(77)56-49-42-33-26-23-20-18-17-19-21-24-29-37-44-51-64(6)9-2/h63-68,73H,8-62H2,1-7H3,(H,78,79)(H,80,81)/t64?,65?,66-,67-,68-/m1/s1. The third-order valence-corrected chi connectivity index (χ3v) is 19.3. The van der Waals surface area contributed by atoms with Gasteiger partial charge >= 0.3 is 39.5 Å². The van der Waals surface area contributed by atoms with Crippen LogP contribution in [0.5, 0.6) is 0 Å². The molecule has 0 radical (unpaired) electrons. The Kier molecular flexibility index (Phi) is 61.5. The summed E-state index contributed by atoms with van der Waals surface area (Å²) in [4.78, 5) is 72.6. The Morgan fingerprint density at radius 2 is 0.560 bits per heavy atom. The molecule has 91 heavy (non-hydrogen) atoms. The minimum Gasteiger partial charge on any atom is -0.462 e.